The van der Waals surface area contributed by atoms with E-state index in [0.717, 1.165) is 0 Å². The highest BCUT2D eigenvalue weighted by Crippen LogP contribution is 2.19. The fourth-order valence-corrected chi connectivity index (χ4v) is 2.22. The molecule has 0 spiro atoms. The molecular weight excluding hydrogens is 294 g/mol. The molecule has 1 aliphatic heterocycles. The van der Waals surface area contributed by atoms with Gasteiger partial charge in [-0.2, -0.15) is 5.10 Å². The first kappa shape index (κ1) is 15.7. The molecule has 0 aliphatic carbocycles. The van der Waals surface area contributed by atoms with Crippen molar-refractivity contribution in [3.8, 4) is 0 Å². The maximum absolute atomic E-state index is 12.4. The van der Waals surface area contributed by atoms with E-state index in [4.69, 9.17) is 4.74 Å². The lowest BCUT2D eigenvalue weighted by Gasteiger charge is -2.33. The molecule has 2 amide bonds. The Morgan fingerprint density at radius 1 is 1.32 bits per heavy atom. The van der Waals surface area contributed by atoms with Gasteiger partial charge in [0.05, 0.1) is 11.5 Å². The Morgan fingerprint density at radius 3 is 2.45 bits per heavy atom. The van der Waals surface area contributed by atoms with Crippen LogP contribution < -0.4 is 0 Å². The molecule has 22 heavy (non-hydrogen) atoms. The summed E-state index contributed by atoms with van der Waals surface area (Å²) in [5.74, 6) is -0.504. The lowest BCUT2D eigenvalue weighted by atomic mass is 10.2. The molecule has 1 aliphatic rings. The van der Waals surface area contributed by atoms with Gasteiger partial charge >= 0.3 is 11.8 Å². The van der Waals surface area contributed by atoms with Gasteiger partial charge in [0.25, 0.3) is 5.91 Å². The molecule has 1 aromatic heterocycles. The average Bonchev–Trinajstić information content (AvgIpc) is 2.89. The first-order chi connectivity index (χ1) is 10.4. The summed E-state index contributed by atoms with van der Waals surface area (Å²) in [4.78, 5) is 37.2. The van der Waals surface area contributed by atoms with E-state index in [1.807, 2.05) is 0 Å². The van der Waals surface area contributed by atoms with E-state index in [-0.39, 0.29) is 31.1 Å². The maximum atomic E-state index is 12.4. The van der Waals surface area contributed by atoms with E-state index >= 15 is 0 Å². The zero-order valence-electron chi connectivity index (χ0n) is 12.4. The van der Waals surface area contributed by atoms with Gasteiger partial charge in [-0.1, -0.05) is 0 Å². The number of hydrogen-bond acceptors (Lipinski definition) is 6. The number of ether oxygens (including phenoxy) is 1. The van der Waals surface area contributed by atoms with Gasteiger partial charge in [0.15, 0.2) is 0 Å². The molecule has 1 fully saturated rings. The van der Waals surface area contributed by atoms with Crippen LogP contribution in [0.4, 0.5) is 10.5 Å². The van der Waals surface area contributed by atoms with E-state index in [1.165, 1.54) is 27.7 Å². The van der Waals surface area contributed by atoms with Crippen LogP contribution in [-0.4, -0.2) is 69.3 Å². The monoisotopic (exact) mass is 311 g/mol. The summed E-state index contributed by atoms with van der Waals surface area (Å²) in [6.45, 7) is 3.23. The standard InChI is InChI=1S/C12H17N5O5/c1-3-22-12(19)16-6-4-15(5-7-16)11(18)10-9(17(20)21)8-14(2)13-10/h8H,3-7H2,1-2H3. The minimum atomic E-state index is -0.630. The van der Waals surface area contributed by atoms with Crippen LogP contribution in [0.2, 0.25) is 0 Å². The van der Waals surface area contributed by atoms with Gasteiger partial charge in [-0.3, -0.25) is 19.6 Å². The van der Waals surface area contributed by atoms with Crippen LogP contribution in [0.5, 0.6) is 0 Å². The lowest BCUT2D eigenvalue weighted by molar-refractivity contribution is -0.385. The van der Waals surface area contributed by atoms with Crippen molar-refractivity contribution < 1.29 is 19.2 Å². The molecule has 2 heterocycles. The number of carbonyl (C=O) groups is 2. The third-order valence-electron chi connectivity index (χ3n) is 3.30. The van der Waals surface area contributed by atoms with E-state index in [2.05, 4.69) is 5.10 Å². The first-order valence-electron chi connectivity index (χ1n) is 6.83. The number of nitrogens with zero attached hydrogens (tertiary/aromatic N) is 5. The molecule has 0 bridgehead atoms. The topological polar surface area (TPSA) is 111 Å². The van der Waals surface area contributed by atoms with E-state index in [0.29, 0.717) is 13.1 Å². The zero-order valence-corrected chi connectivity index (χ0v) is 12.4. The summed E-state index contributed by atoms with van der Waals surface area (Å²) in [6, 6.07) is 0. The number of carbonyl (C=O) groups excluding carboxylic acids is 2. The van der Waals surface area contributed by atoms with E-state index in [1.54, 1.807) is 6.92 Å². The Hall–Kier alpha value is -2.65. The molecule has 10 nitrogen and oxygen atoms in total. The van der Waals surface area contributed by atoms with Crippen LogP contribution in [0.3, 0.4) is 0 Å². The summed E-state index contributed by atoms with van der Waals surface area (Å²) in [5, 5.41) is 14.8. The molecule has 0 aromatic carbocycles. The molecule has 0 N–H and O–H groups in total. The van der Waals surface area contributed by atoms with Crippen LogP contribution in [-0.2, 0) is 11.8 Å². The number of piperazine rings is 1. The fourth-order valence-electron chi connectivity index (χ4n) is 2.22. The number of aromatic nitrogens is 2. The van der Waals surface area contributed by atoms with Crippen molar-refractivity contribution >= 4 is 17.7 Å². The largest absolute Gasteiger partial charge is 0.450 e. The van der Waals surface area contributed by atoms with Crippen molar-refractivity contribution in [3.63, 3.8) is 0 Å². The minimum Gasteiger partial charge on any atom is -0.450 e. The number of amides is 2. The number of aryl methyl sites for hydroxylation is 1. The van der Waals surface area contributed by atoms with Gasteiger partial charge < -0.3 is 14.5 Å². The van der Waals surface area contributed by atoms with E-state index < -0.39 is 16.9 Å². The first-order valence-corrected chi connectivity index (χ1v) is 6.83. The van der Waals surface area contributed by atoms with E-state index in [9.17, 15) is 19.7 Å². The summed E-state index contributed by atoms with van der Waals surface area (Å²) < 4.78 is 6.13. The van der Waals surface area contributed by atoms with Crippen molar-refractivity contribution in [2.24, 2.45) is 7.05 Å². The van der Waals surface area contributed by atoms with Crippen molar-refractivity contribution in [2.75, 3.05) is 32.8 Å². The number of hydrogen-bond donors (Lipinski definition) is 0. The van der Waals surface area contributed by atoms with Gasteiger partial charge in [-0.25, -0.2) is 4.79 Å². The lowest BCUT2D eigenvalue weighted by Crippen LogP contribution is -2.50. The molecule has 1 aromatic rings. The van der Waals surface area contributed by atoms with Crippen molar-refractivity contribution in [2.45, 2.75) is 6.92 Å². The molecule has 0 atom stereocenters. The second kappa shape index (κ2) is 6.41. The third-order valence-corrected chi connectivity index (χ3v) is 3.30. The van der Waals surface area contributed by atoms with Gasteiger partial charge in [0.2, 0.25) is 5.69 Å². The second-order valence-corrected chi connectivity index (χ2v) is 4.77. The highest BCUT2D eigenvalue weighted by atomic mass is 16.6. The average molecular weight is 311 g/mol. The molecule has 0 unspecified atom stereocenters. The molecule has 120 valence electrons. The summed E-state index contributed by atoms with van der Waals surface area (Å²) in [7, 11) is 1.52. The molecule has 0 radical (unpaired) electrons. The van der Waals surface area contributed by atoms with Crippen LogP contribution in [0, 0.1) is 10.1 Å². The highest BCUT2D eigenvalue weighted by Gasteiger charge is 2.31. The summed E-state index contributed by atoms with van der Waals surface area (Å²) in [6.07, 6.45) is 0.778. The Morgan fingerprint density at radius 2 is 1.91 bits per heavy atom. The Labute approximate surface area is 126 Å². The van der Waals surface area contributed by atoms with Crippen molar-refractivity contribution in [1.29, 1.82) is 0 Å². The molecule has 0 saturated carbocycles. The van der Waals surface area contributed by atoms with Crippen LogP contribution in [0.25, 0.3) is 0 Å². The number of nitro groups is 1. The summed E-state index contributed by atoms with van der Waals surface area (Å²) in [5.41, 5.74) is -0.502. The second-order valence-electron chi connectivity index (χ2n) is 4.77. The molecule has 10 heteroatoms. The normalized spacial score (nSPS) is 14.8. The van der Waals surface area contributed by atoms with Gasteiger partial charge in [-0.15, -0.1) is 0 Å². The Balaban J connectivity index is 2.04. The van der Waals surface area contributed by atoms with Crippen molar-refractivity contribution in [1.82, 2.24) is 19.6 Å². The van der Waals surface area contributed by atoms with Crippen LogP contribution in [0.1, 0.15) is 17.4 Å². The van der Waals surface area contributed by atoms with Gasteiger partial charge in [0, 0.05) is 33.2 Å². The minimum absolute atomic E-state index is 0.183. The van der Waals surface area contributed by atoms with Crippen molar-refractivity contribution in [3.05, 3.63) is 22.0 Å². The Kier molecular flexibility index (Phi) is 4.59. The summed E-state index contributed by atoms with van der Waals surface area (Å²) >= 11 is 0. The molecule has 2 rings (SSSR count). The highest BCUT2D eigenvalue weighted by molar-refractivity contribution is 5.96. The predicted octanol–water partition coefficient (Wildman–Crippen LogP) is 0.243. The molecule has 1 saturated heterocycles. The van der Waals surface area contributed by atoms with Gasteiger partial charge in [-0.05, 0) is 6.92 Å². The predicted molar refractivity (Wildman–Crippen MR) is 74.4 cm³/mol. The maximum Gasteiger partial charge on any atom is 0.409 e. The Bertz CT molecular complexity index is 591. The van der Waals surface area contributed by atoms with Crippen LogP contribution >= 0.6 is 0 Å². The number of rotatable bonds is 3. The van der Waals surface area contributed by atoms with Gasteiger partial charge in [0.1, 0.15) is 6.20 Å². The zero-order chi connectivity index (χ0) is 16.3. The quantitative estimate of drug-likeness (QED) is 0.584. The molecular formula is C12H17N5O5. The fraction of sp³-hybridized carbons (Fsp3) is 0.583. The third kappa shape index (κ3) is 3.15. The van der Waals surface area contributed by atoms with Crippen LogP contribution in [0.15, 0.2) is 6.20 Å². The smallest absolute Gasteiger partial charge is 0.409 e. The SMILES string of the molecule is CCOC(=O)N1CCN(C(=O)c2nn(C)cc2[N+](=O)[O-])CC1.